The molecule has 1 N–H and O–H groups in total. The first-order valence-corrected chi connectivity index (χ1v) is 11.0. The van der Waals surface area contributed by atoms with Crippen molar-refractivity contribution in [2.75, 3.05) is 26.2 Å². The van der Waals surface area contributed by atoms with E-state index in [0.717, 1.165) is 42.3 Å². The Morgan fingerprint density at radius 3 is 2.74 bits per heavy atom. The average Bonchev–Trinajstić information content (AvgIpc) is 3.26. The third-order valence-corrected chi connectivity index (χ3v) is 6.39. The number of imidazole rings is 1. The number of aromatic amines is 1. The highest BCUT2D eigenvalue weighted by atomic mass is 35.5. The maximum absolute atomic E-state index is 12.6. The number of piperazine rings is 1. The van der Waals surface area contributed by atoms with Crippen molar-refractivity contribution >= 4 is 23.6 Å². The van der Waals surface area contributed by atoms with Crippen molar-refractivity contribution in [2.45, 2.75) is 18.9 Å². The molecule has 3 heterocycles. The van der Waals surface area contributed by atoms with Crippen molar-refractivity contribution in [1.82, 2.24) is 24.8 Å². The highest BCUT2D eigenvalue weighted by Crippen LogP contribution is 2.37. The van der Waals surface area contributed by atoms with Crippen LogP contribution in [0.25, 0.3) is 6.08 Å². The van der Waals surface area contributed by atoms with Crippen LogP contribution in [-0.4, -0.2) is 56.8 Å². The zero-order chi connectivity index (χ0) is 21.2. The number of aryl methyl sites for hydroxylation is 2. The third-order valence-electron chi connectivity index (χ3n) is 6.16. The van der Waals surface area contributed by atoms with Crippen LogP contribution in [0.15, 0.2) is 55.1 Å². The Hall–Kier alpha value is -2.96. The Labute approximate surface area is 186 Å². The molecule has 5 rings (SSSR count). The Bertz CT molecular complexity index is 1100. The van der Waals surface area contributed by atoms with E-state index in [1.54, 1.807) is 24.7 Å². The predicted molar refractivity (Wildman–Crippen MR) is 121 cm³/mol. The summed E-state index contributed by atoms with van der Waals surface area (Å²) in [5.41, 5.74) is 5.74. The molecule has 31 heavy (non-hydrogen) atoms. The second-order valence-electron chi connectivity index (χ2n) is 7.98. The van der Waals surface area contributed by atoms with Gasteiger partial charge in [-0.2, -0.15) is 0 Å². The number of nitrogens with zero attached hydrogens (tertiary/aromatic N) is 4. The van der Waals surface area contributed by atoms with Crippen molar-refractivity contribution in [2.24, 2.45) is 0 Å². The minimum Gasteiger partial charge on any atom is -0.351 e. The molecule has 0 bridgehead atoms. The quantitative estimate of drug-likeness (QED) is 0.642. The Balaban J connectivity index is 1.37. The number of benzene rings is 1. The maximum Gasteiger partial charge on any atom is 0.246 e. The standard InChI is InChI=1S/C24H24ClN5O/c25-19-5-7-21-18(14-19)4-3-17-2-1-9-27-23(17)24(21)30-12-10-29(11-13-30)22(31)8-6-20-15-26-16-28-20/h1-2,5-9,14-16,24H,3-4,10-13H2,(H,26,28). The van der Waals surface area contributed by atoms with E-state index in [4.69, 9.17) is 16.6 Å². The molecule has 1 atom stereocenters. The van der Waals surface area contributed by atoms with Crippen LogP contribution in [0.2, 0.25) is 5.02 Å². The van der Waals surface area contributed by atoms with Crippen molar-refractivity contribution in [3.63, 3.8) is 0 Å². The lowest BCUT2D eigenvalue weighted by molar-refractivity contribution is -0.127. The molecule has 1 amide bonds. The topological polar surface area (TPSA) is 65.1 Å². The number of halogens is 1. The number of carbonyl (C=O) groups excluding carboxylic acids is 1. The maximum atomic E-state index is 12.6. The number of fused-ring (bicyclic) bond motifs is 2. The summed E-state index contributed by atoms with van der Waals surface area (Å²) in [4.78, 5) is 28.8. The van der Waals surface area contributed by atoms with Gasteiger partial charge in [-0.15, -0.1) is 0 Å². The summed E-state index contributed by atoms with van der Waals surface area (Å²) in [6.07, 6.45) is 10.5. The molecule has 1 unspecified atom stereocenters. The molecule has 158 valence electrons. The van der Waals surface area contributed by atoms with Gasteiger partial charge in [-0.05, 0) is 53.8 Å². The van der Waals surface area contributed by atoms with Crippen LogP contribution in [0.4, 0.5) is 0 Å². The fraction of sp³-hybridized carbons (Fsp3) is 0.292. The van der Waals surface area contributed by atoms with Gasteiger partial charge in [0.1, 0.15) is 0 Å². The summed E-state index contributed by atoms with van der Waals surface area (Å²) in [5.74, 6) is 0.0224. The number of aromatic nitrogens is 3. The molecular formula is C24H24ClN5O. The molecule has 2 aromatic heterocycles. The average molecular weight is 434 g/mol. The molecule has 3 aromatic rings. The number of rotatable bonds is 3. The van der Waals surface area contributed by atoms with Crippen LogP contribution in [0.3, 0.4) is 0 Å². The van der Waals surface area contributed by atoms with E-state index in [1.165, 1.54) is 16.7 Å². The van der Waals surface area contributed by atoms with Crippen LogP contribution in [0, 0.1) is 0 Å². The zero-order valence-corrected chi connectivity index (χ0v) is 17.9. The van der Waals surface area contributed by atoms with Crippen molar-refractivity contribution in [3.8, 4) is 0 Å². The SMILES string of the molecule is O=C(C=Cc1c[nH]cn1)N1CCN(C2c3ccc(Cl)cc3CCc3cccnc32)CC1. The van der Waals surface area contributed by atoms with E-state index in [2.05, 4.69) is 33.1 Å². The van der Waals surface area contributed by atoms with Gasteiger partial charge in [-0.3, -0.25) is 14.7 Å². The molecular weight excluding hydrogens is 410 g/mol. The fourth-order valence-electron chi connectivity index (χ4n) is 4.58. The molecule has 1 aliphatic heterocycles. The van der Waals surface area contributed by atoms with Crippen molar-refractivity contribution in [1.29, 1.82) is 0 Å². The largest absolute Gasteiger partial charge is 0.351 e. The van der Waals surface area contributed by atoms with Crippen molar-refractivity contribution < 1.29 is 4.79 Å². The van der Waals surface area contributed by atoms with Crippen LogP contribution in [0.1, 0.15) is 34.1 Å². The van der Waals surface area contributed by atoms with Gasteiger partial charge >= 0.3 is 0 Å². The summed E-state index contributed by atoms with van der Waals surface area (Å²) in [5, 5.41) is 0.774. The Morgan fingerprint density at radius 1 is 1.10 bits per heavy atom. The van der Waals surface area contributed by atoms with Gasteiger partial charge < -0.3 is 9.88 Å². The first kappa shape index (κ1) is 20.0. The summed E-state index contributed by atoms with van der Waals surface area (Å²) in [7, 11) is 0. The number of nitrogens with one attached hydrogen (secondary N) is 1. The van der Waals surface area contributed by atoms with E-state index < -0.39 is 0 Å². The first-order chi connectivity index (χ1) is 15.2. The number of hydrogen-bond donors (Lipinski definition) is 1. The summed E-state index contributed by atoms with van der Waals surface area (Å²) < 4.78 is 0. The molecule has 7 heteroatoms. The van der Waals surface area contributed by atoms with Gasteiger partial charge in [0.25, 0.3) is 0 Å². The van der Waals surface area contributed by atoms with Crippen LogP contribution < -0.4 is 0 Å². The Morgan fingerprint density at radius 2 is 1.94 bits per heavy atom. The lowest BCUT2D eigenvalue weighted by Gasteiger charge is -2.39. The second kappa shape index (κ2) is 8.65. The van der Waals surface area contributed by atoms with E-state index in [0.29, 0.717) is 13.1 Å². The highest BCUT2D eigenvalue weighted by Gasteiger charge is 2.32. The minimum atomic E-state index is 0.0224. The van der Waals surface area contributed by atoms with Gasteiger partial charge in [-0.1, -0.05) is 23.7 Å². The van der Waals surface area contributed by atoms with Crippen LogP contribution >= 0.6 is 11.6 Å². The normalized spacial score (nSPS) is 19.1. The lowest BCUT2D eigenvalue weighted by Crippen LogP contribution is -2.49. The molecule has 0 radical (unpaired) electrons. The second-order valence-corrected chi connectivity index (χ2v) is 8.42. The number of pyridine rings is 1. The third kappa shape index (κ3) is 4.13. The molecule has 1 aromatic carbocycles. The fourth-order valence-corrected chi connectivity index (χ4v) is 4.77. The van der Waals surface area contributed by atoms with Gasteiger partial charge in [-0.25, -0.2) is 4.98 Å². The number of amides is 1. The van der Waals surface area contributed by atoms with Gasteiger partial charge in [0.2, 0.25) is 5.91 Å². The van der Waals surface area contributed by atoms with Gasteiger partial charge in [0.15, 0.2) is 0 Å². The van der Waals surface area contributed by atoms with Crippen LogP contribution in [0.5, 0.6) is 0 Å². The molecule has 6 nitrogen and oxygen atoms in total. The monoisotopic (exact) mass is 433 g/mol. The number of hydrogen-bond acceptors (Lipinski definition) is 4. The molecule has 1 saturated heterocycles. The Kier molecular flexibility index (Phi) is 5.57. The van der Waals surface area contributed by atoms with E-state index >= 15 is 0 Å². The molecule has 2 aliphatic rings. The summed E-state index contributed by atoms with van der Waals surface area (Å²) >= 11 is 6.31. The molecule has 0 spiro atoms. The predicted octanol–water partition coefficient (Wildman–Crippen LogP) is 3.50. The van der Waals surface area contributed by atoms with Crippen molar-refractivity contribution in [3.05, 3.63) is 88.2 Å². The highest BCUT2D eigenvalue weighted by molar-refractivity contribution is 6.30. The molecule has 0 saturated carbocycles. The zero-order valence-electron chi connectivity index (χ0n) is 17.2. The number of H-pyrrole nitrogens is 1. The minimum absolute atomic E-state index is 0.0224. The van der Waals surface area contributed by atoms with Gasteiger partial charge in [0.05, 0.1) is 23.8 Å². The smallest absolute Gasteiger partial charge is 0.246 e. The molecule has 1 fully saturated rings. The van der Waals surface area contributed by atoms with E-state index in [1.807, 2.05) is 23.2 Å². The van der Waals surface area contributed by atoms with E-state index in [9.17, 15) is 4.79 Å². The lowest BCUT2D eigenvalue weighted by atomic mass is 9.96. The number of carbonyl (C=O) groups is 1. The molecule has 1 aliphatic carbocycles. The van der Waals surface area contributed by atoms with Gasteiger partial charge in [0, 0.05) is 49.7 Å². The van der Waals surface area contributed by atoms with Crippen LogP contribution in [-0.2, 0) is 17.6 Å². The van der Waals surface area contributed by atoms with E-state index in [-0.39, 0.29) is 11.9 Å². The summed E-state index contributed by atoms with van der Waals surface area (Å²) in [6.45, 7) is 2.96. The summed E-state index contributed by atoms with van der Waals surface area (Å²) in [6, 6.07) is 10.5. The first-order valence-electron chi connectivity index (χ1n) is 10.6.